The van der Waals surface area contributed by atoms with E-state index in [-0.39, 0.29) is 5.91 Å². The van der Waals surface area contributed by atoms with Crippen molar-refractivity contribution in [1.29, 1.82) is 0 Å². The number of aromatic amines is 1. The maximum absolute atomic E-state index is 12.3. The van der Waals surface area contributed by atoms with Crippen LogP contribution >= 0.6 is 0 Å². The first kappa shape index (κ1) is 21.4. The van der Waals surface area contributed by atoms with Crippen LogP contribution in [0.25, 0.3) is 22.5 Å². The molecule has 4 rings (SSSR count). The summed E-state index contributed by atoms with van der Waals surface area (Å²) in [6.45, 7) is 5.28. The molecule has 0 aliphatic rings. The Balaban J connectivity index is 1.58. The number of nitrogens with one attached hydrogen (secondary N) is 2. The quantitative estimate of drug-likeness (QED) is 0.421. The van der Waals surface area contributed by atoms with Crippen molar-refractivity contribution in [1.82, 2.24) is 35.7 Å². The van der Waals surface area contributed by atoms with Crippen molar-refractivity contribution in [3.63, 3.8) is 0 Å². The summed E-state index contributed by atoms with van der Waals surface area (Å²) in [5.41, 5.74) is 5.76. The highest BCUT2D eigenvalue weighted by Crippen LogP contribution is 2.29. The third kappa shape index (κ3) is 4.74. The zero-order valence-electron chi connectivity index (χ0n) is 18.4. The summed E-state index contributed by atoms with van der Waals surface area (Å²) in [4.78, 5) is 12.3. The molecule has 0 fully saturated rings. The van der Waals surface area contributed by atoms with Crippen LogP contribution in [0.4, 0.5) is 0 Å². The van der Waals surface area contributed by atoms with Crippen molar-refractivity contribution < 1.29 is 4.79 Å². The van der Waals surface area contributed by atoms with Crippen molar-refractivity contribution in [2.24, 2.45) is 0 Å². The molecule has 0 aliphatic heterocycles. The zero-order chi connectivity index (χ0) is 22.3. The molecule has 0 saturated carbocycles. The maximum Gasteiger partial charge on any atom is 0.271 e. The second-order valence-corrected chi connectivity index (χ2v) is 7.63. The van der Waals surface area contributed by atoms with Gasteiger partial charge in [-0.3, -0.25) is 9.48 Å². The Kier molecular flexibility index (Phi) is 6.69. The molecule has 0 unspecified atom stereocenters. The van der Waals surface area contributed by atoms with E-state index in [9.17, 15) is 4.79 Å². The van der Waals surface area contributed by atoms with E-state index in [1.54, 1.807) is 0 Å². The first-order valence-corrected chi connectivity index (χ1v) is 11.0. The molecule has 32 heavy (non-hydrogen) atoms. The number of benzene rings is 2. The number of tetrazole rings is 1. The third-order valence-electron chi connectivity index (χ3n) is 5.34. The number of unbranched alkanes of at least 4 members (excludes halogenated alkanes) is 1. The molecule has 1 amide bonds. The lowest BCUT2D eigenvalue weighted by atomic mass is 9.98. The van der Waals surface area contributed by atoms with Crippen LogP contribution in [-0.2, 0) is 13.0 Å². The van der Waals surface area contributed by atoms with E-state index in [4.69, 9.17) is 0 Å². The summed E-state index contributed by atoms with van der Waals surface area (Å²) >= 11 is 0. The monoisotopic (exact) mass is 429 g/mol. The van der Waals surface area contributed by atoms with Crippen LogP contribution in [0.1, 0.15) is 48.4 Å². The van der Waals surface area contributed by atoms with Crippen LogP contribution in [0.5, 0.6) is 0 Å². The predicted octanol–water partition coefficient (Wildman–Crippen LogP) is 3.87. The second kappa shape index (κ2) is 10.00. The van der Waals surface area contributed by atoms with Gasteiger partial charge in [-0.15, -0.1) is 5.10 Å². The summed E-state index contributed by atoms with van der Waals surface area (Å²) in [5.74, 6) is 0.512. The van der Waals surface area contributed by atoms with Crippen LogP contribution < -0.4 is 5.32 Å². The highest BCUT2D eigenvalue weighted by atomic mass is 16.1. The van der Waals surface area contributed by atoms with Gasteiger partial charge in [-0.1, -0.05) is 61.9 Å². The van der Waals surface area contributed by atoms with Gasteiger partial charge in [0, 0.05) is 17.8 Å². The highest BCUT2D eigenvalue weighted by molar-refractivity contribution is 5.92. The topological polar surface area (TPSA) is 101 Å². The van der Waals surface area contributed by atoms with Gasteiger partial charge in [0.1, 0.15) is 5.69 Å². The third-order valence-corrected chi connectivity index (χ3v) is 5.34. The van der Waals surface area contributed by atoms with E-state index in [1.165, 1.54) is 0 Å². The van der Waals surface area contributed by atoms with Gasteiger partial charge < -0.3 is 5.32 Å². The summed E-state index contributed by atoms with van der Waals surface area (Å²) in [6.07, 6.45) is 3.06. The minimum absolute atomic E-state index is 0.127. The number of rotatable bonds is 9. The number of hydrogen-bond acceptors (Lipinski definition) is 5. The number of carbonyl (C=O) groups excluding carboxylic acids is 1. The zero-order valence-corrected chi connectivity index (χ0v) is 18.4. The fraction of sp³-hybridized carbons (Fsp3) is 0.292. The summed E-state index contributed by atoms with van der Waals surface area (Å²) in [5, 5.41) is 21.7. The Morgan fingerprint density at radius 2 is 1.84 bits per heavy atom. The fourth-order valence-electron chi connectivity index (χ4n) is 3.69. The van der Waals surface area contributed by atoms with Crippen LogP contribution in [0.15, 0.2) is 54.6 Å². The fourth-order valence-corrected chi connectivity index (χ4v) is 3.69. The number of H-pyrrole nitrogens is 1. The number of aromatic nitrogens is 6. The largest absolute Gasteiger partial charge is 0.351 e. The van der Waals surface area contributed by atoms with Gasteiger partial charge in [-0.25, -0.2) is 5.10 Å². The number of hydrogen-bond donors (Lipinski definition) is 2. The molecular formula is C24H27N7O. The number of carbonyl (C=O) groups is 1. The smallest absolute Gasteiger partial charge is 0.271 e. The Morgan fingerprint density at radius 3 is 2.53 bits per heavy atom. The first-order valence-electron chi connectivity index (χ1n) is 11.0. The Morgan fingerprint density at radius 1 is 1.06 bits per heavy atom. The standard InChI is InChI=1S/C24H27N7O/c1-3-5-8-19-15-22(24(32)25-4-2)28-31(19)16-17-11-13-18(14-12-17)20-9-6-7-10-21(20)23-26-29-30-27-23/h6-7,9-15H,3-5,8,16H2,1-2H3,(H,25,32)(H,26,27,29,30). The molecule has 0 saturated heterocycles. The molecule has 2 heterocycles. The molecule has 8 nitrogen and oxygen atoms in total. The Labute approximate surface area is 187 Å². The van der Waals surface area contributed by atoms with Crippen molar-refractivity contribution in [3.8, 4) is 22.5 Å². The number of aryl methyl sites for hydroxylation is 1. The van der Waals surface area contributed by atoms with Crippen molar-refractivity contribution in [3.05, 3.63) is 71.5 Å². The van der Waals surface area contributed by atoms with Crippen LogP contribution in [0, 0.1) is 0 Å². The minimum Gasteiger partial charge on any atom is -0.351 e. The highest BCUT2D eigenvalue weighted by Gasteiger charge is 2.14. The molecule has 164 valence electrons. The van der Waals surface area contributed by atoms with Gasteiger partial charge in [0.15, 0.2) is 5.82 Å². The van der Waals surface area contributed by atoms with Gasteiger partial charge in [0.05, 0.1) is 6.54 Å². The second-order valence-electron chi connectivity index (χ2n) is 7.63. The van der Waals surface area contributed by atoms with Crippen LogP contribution in [0.2, 0.25) is 0 Å². The van der Waals surface area contributed by atoms with Crippen molar-refractivity contribution in [2.45, 2.75) is 39.7 Å². The molecule has 2 aromatic carbocycles. The molecule has 0 atom stereocenters. The Bertz CT molecular complexity index is 1160. The molecule has 0 bridgehead atoms. The molecule has 0 spiro atoms. The van der Waals surface area contributed by atoms with E-state index in [0.717, 1.165) is 47.2 Å². The van der Waals surface area contributed by atoms with E-state index in [0.29, 0.717) is 24.6 Å². The van der Waals surface area contributed by atoms with E-state index < -0.39 is 0 Å². The molecule has 2 aromatic heterocycles. The normalized spacial score (nSPS) is 10.9. The van der Waals surface area contributed by atoms with Crippen molar-refractivity contribution >= 4 is 5.91 Å². The molecule has 4 aromatic rings. The average Bonchev–Trinajstić information content (AvgIpc) is 3.49. The van der Waals surface area contributed by atoms with Gasteiger partial charge in [0.2, 0.25) is 0 Å². The van der Waals surface area contributed by atoms with Crippen LogP contribution in [-0.4, -0.2) is 42.9 Å². The van der Waals surface area contributed by atoms with Crippen LogP contribution in [0.3, 0.4) is 0 Å². The SMILES string of the molecule is CCCCc1cc(C(=O)NCC)nn1Cc1ccc(-c2ccccc2-c2nnn[nH]2)cc1. The van der Waals surface area contributed by atoms with Gasteiger partial charge >= 0.3 is 0 Å². The van der Waals surface area contributed by atoms with Crippen molar-refractivity contribution in [2.75, 3.05) is 6.54 Å². The first-order chi connectivity index (χ1) is 15.7. The molecule has 0 radical (unpaired) electrons. The molecular weight excluding hydrogens is 402 g/mol. The lowest BCUT2D eigenvalue weighted by molar-refractivity contribution is 0.0950. The van der Waals surface area contributed by atoms with E-state index in [1.807, 2.05) is 35.9 Å². The molecule has 2 N–H and O–H groups in total. The number of amides is 1. The average molecular weight is 430 g/mol. The lowest BCUT2D eigenvalue weighted by Crippen LogP contribution is -2.23. The lowest BCUT2D eigenvalue weighted by Gasteiger charge is -2.10. The van der Waals surface area contributed by atoms with Gasteiger partial charge in [-0.05, 0) is 52.9 Å². The summed E-state index contributed by atoms with van der Waals surface area (Å²) in [7, 11) is 0. The summed E-state index contributed by atoms with van der Waals surface area (Å²) in [6, 6.07) is 18.3. The maximum atomic E-state index is 12.3. The van der Waals surface area contributed by atoms with E-state index >= 15 is 0 Å². The predicted molar refractivity (Wildman–Crippen MR) is 123 cm³/mol. The minimum atomic E-state index is -0.127. The number of nitrogens with zero attached hydrogens (tertiary/aromatic N) is 5. The van der Waals surface area contributed by atoms with Gasteiger partial charge in [-0.2, -0.15) is 5.10 Å². The molecule has 8 heteroatoms. The summed E-state index contributed by atoms with van der Waals surface area (Å²) < 4.78 is 1.95. The van der Waals surface area contributed by atoms with Gasteiger partial charge in [0.25, 0.3) is 5.91 Å². The van der Waals surface area contributed by atoms with E-state index in [2.05, 4.69) is 68.3 Å². The molecule has 0 aliphatic carbocycles. The Hall–Kier alpha value is -3.81.